The monoisotopic (exact) mass is 557 g/mol. The highest BCUT2D eigenvalue weighted by Crippen LogP contribution is 2.41. The van der Waals surface area contributed by atoms with E-state index in [0.717, 1.165) is 22.9 Å². The van der Waals surface area contributed by atoms with Gasteiger partial charge in [0.2, 0.25) is 0 Å². The molecule has 3 rings (SSSR count). The lowest BCUT2D eigenvalue weighted by molar-refractivity contribution is -0.394. The number of rotatable bonds is 10. The molecule has 40 heavy (non-hydrogen) atoms. The van der Waals surface area contributed by atoms with Gasteiger partial charge in [0.05, 0.1) is 52.8 Å². The summed E-state index contributed by atoms with van der Waals surface area (Å²) in [6.07, 6.45) is 1.23. The summed E-state index contributed by atoms with van der Waals surface area (Å²) in [5.74, 6) is -3.74. The number of nitro groups is 2. The van der Waals surface area contributed by atoms with E-state index in [0.29, 0.717) is 11.4 Å². The van der Waals surface area contributed by atoms with Crippen LogP contribution in [0, 0.1) is 20.2 Å². The third kappa shape index (κ3) is 5.67. The van der Waals surface area contributed by atoms with Gasteiger partial charge < -0.3 is 19.5 Å². The molecule has 2 heterocycles. The molecule has 0 amide bonds. The predicted molar refractivity (Wildman–Crippen MR) is 137 cm³/mol. The fraction of sp³-hybridized carbons (Fsp3) is 0.360. The van der Waals surface area contributed by atoms with Gasteiger partial charge in [0.15, 0.2) is 5.69 Å². The molecule has 0 atom stereocenters. The van der Waals surface area contributed by atoms with Crippen LogP contribution in [0.1, 0.15) is 56.6 Å². The zero-order valence-corrected chi connectivity index (χ0v) is 22.4. The minimum atomic E-state index is -1.25. The van der Waals surface area contributed by atoms with Crippen LogP contribution < -0.4 is 5.32 Å². The Bertz CT molecular complexity index is 1420. The van der Waals surface area contributed by atoms with Crippen LogP contribution in [-0.4, -0.2) is 57.4 Å². The molecule has 0 saturated carbocycles. The van der Waals surface area contributed by atoms with Crippen LogP contribution >= 0.6 is 0 Å². The van der Waals surface area contributed by atoms with E-state index in [1.165, 1.54) is 6.20 Å². The Labute approximate surface area is 227 Å². The maximum atomic E-state index is 13.2. The topological polar surface area (TPSA) is 195 Å². The third-order valence-electron chi connectivity index (χ3n) is 5.89. The van der Waals surface area contributed by atoms with Gasteiger partial charge in [-0.3, -0.25) is 20.2 Å². The van der Waals surface area contributed by atoms with Crippen molar-refractivity contribution in [3.63, 3.8) is 0 Å². The van der Waals surface area contributed by atoms with Crippen LogP contribution in [0.2, 0.25) is 0 Å². The molecule has 0 spiro atoms. The summed E-state index contributed by atoms with van der Waals surface area (Å²) in [7, 11) is 0. The Morgan fingerprint density at radius 1 is 0.900 bits per heavy atom. The first kappa shape index (κ1) is 29.5. The summed E-state index contributed by atoms with van der Waals surface area (Å²) >= 11 is 0. The molecule has 0 aliphatic carbocycles. The van der Waals surface area contributed by atoms with Crippen LogP contribution in [0.25, 0.3) is 5.69 Å². The second kappa shape index (κ2) is 12.2. The summed E-state index contributed by atoms with van der Waals surface area (Å²) in [6.45, 7) is 7.90. The van der Waals surface area contributed by atoms with Crippen molar-refractivity contribution in [3.05, 3.63) is 78.4 Å². The maximum absolute atomic E-state index is 13.2. The largest absolute Gasteiger partial charge is 0.463 e. The Kier molecular flexibility index (Phi) is 8.98. The summed E-state index contributed by atoms with van der Waals surface area (Å²) in [5, 5.41) is 30.2. The highest BCUT2D eigenvalue weighted by molar-refractivity contribution is 6.01. The summed E-state index contributed by atoms with van der Waals surface area (Å²) in [6, 6.07) is 2.90. The number of hydrogen-bond donors (Lipinski definition) is 1. The van der Waals surface area contributed by atoms with Crippen molar-refractivity contribution in [1.82, 2.24) is 15.1 Å². The number of ether oxygens (including phenoxy) is 3. The van der Waals surface area contributed by atoms with Crippen LogP contribution in [0.15, 0.2) is 46.9 Å². The number of carbonyl (C=O) groups is 3. The lowest BCUT2D eigenvalue weighted by atomic mass is 9.80. The van der Waals surface area contributed by atoms with E-state index in [1.54, 1.807) is 34.6 Å². The van der Waals surface area contributed by atoms with Crippen LogP contribution in [0.4, 0.5) is 11.4 Å². The SMILES string of the molecule is CCOC(=O)C1=C(C)NC(C)=C(C(=O)OCC)C1c1cn(-c2ccc([N+](=O)[O-])cc2[N+](=O)[O-])nc1C(=O)OCC. The molecule has 0 bridgehead atoms. The number of aromatic nitrogens is 2. The van der Waals surface area contributed by atoms with Crippen molar-refractivity contribution in [1.29, 1.82) is 0 Å². The molecule has 0 unspecified atom stereocenters. The molecule has 1 N–H and O–H groups in total. The van der Waals surface area contributed by atoms with Gasteiger partial charge in [0.1, 0.15) is 5.69 Å². The number of nitro benzene ring substituents is 2. The van der Waals surface area contributed by atoms with E-state index >= 15 is 0 Å². The molecular formula is C25H27N5O10. The molecule has 212 valence electrons. The summed E-state index contributed by atoms with van der Waals surface area (Å²) in [4.78, 5) is 60.8. The first-order valence-corrected chi connectivity index (χ1v) is 12.2. The third-order valence-corrected chi connectivity index (χ3v) is 5.89. The highest BCUT2D eigenvalue weighted by atomic mass is 16.6. The van der Waals surface area contributed by atoms with Gasteiger partial charge in [0.25, 0.3) is 5.69 Å². The molecule has 1 aliphatic heterocycles. The number of esters is 3. The zero-order valence-electron chi connectivity index (χ0n) is 22.4. The lowest BCUT2D eigenvalue weighted by Crippen LogP contribution is -2.33. The van der Waals surface area contributed by atoms with Crippen molar-refractivity contribution in [2.75, 3.05) is 19.8 Å². The van der Waals surface area contributed by atoms with E-state index in [4.69, 9.17) is 14.2 Å². The Morgan fingerprint density at radius 2 is 1.43 bits per heavy atom. The van der Waals surface area contributed by atoms with Crippen molar-refractivity contribution in [2.24, 2.45) is 0 Å². The number of nitrogens with one attached hydrogen (secondary N) is 1. The van der Waals surface area contributed by atoms with Crippen molar-refractivity contribution in [3.8, 4) is 5.69 Å². The van der Waals surface area contributed by atoms with Crippen LogP contribution in [-0.2, 0) is 23.8 Å². The fourth-order valence-corrected chi connectivity index (χ4v) is 4.31. The predicted octanol–water partition coefficient (Wildman–Crippen LogP) is 3.23. The van der Waals surface area contributed by atoms with Crippen molar-refractivity contribution >= 4 is 29.3 Å². The number of carbonyl (C=O) groups excluding carboxylic acids is 3. The van der Waals surface area contributed by atoms with E-state index in [-0.39, 0.29) is 47.9 Å². The van der Waals surface area contributed by atoms with E-state index in [9.17, 15) is 34.6 Å². The molecule has 15 nitrogen and oxygen atoms in total. The average molecular weight is 558 g/mol. The quantitative estimate of drug-likeness (QED) is 0.194. The lowest BCUT2D eigenvalue weighted by Gasteiger charge is -2.30. The highest BCUT2D eigenvalue weighted by Gasteiger charge is 2.41. The molecule has 1 aromatic heterocycles. The minimum absolute atomic E-state index is 0.00240. The van der Waals surface area contributed by atoms with E-state index < -0.39 is 45.0 Å². The number of allylic oxidation sites excluding steroid dienone is 2. The molecule has 2 aromatic rings. The summed E-state index contributed by atoms with van der Waals surface area (Å²) in [5.41, 5.74) is -1.12. The number of nitrogens with zero attached hydrogens (tertiary/aromatic N) is 4. The summed E-state index contributed by atoms with van der Waals surface area (Å²) < 4.78 is 16.6. The number of non-ortho nitro benzene ring substituents is 1. The van der Waals surface area contributed by atoms with Gasteiger partial charge in [-0.25, -0.2) is 19.1 Å². The fourth-order valence-electron chi connectivity index (χ4n) is 4.31. The molecular weight excluding hydrogens is 530 g/mol. The molecule has 0 radical (unpaired) electrons. The Balaban J connectivity index is 2.38. The standard InChI is InChI=1S/C25H27N5O10/c1-6-38-23(31)19-13(4)26-14(5)20(24(32)39-7-2)21(19)16-12-28(27-22(16)25(33)40-8-3)17-10-9-15(29(34)35)11-18(17)30(36)37/h9-12,21,26H,6-8H2,1-5H3. The zero-order chi connectivity index (χ0) is 29.7. The number of hydrogen-bond acceptors (Lipinski definition) is 12. The second-order valence-corrected chi connectivity index (χ2v) is 8.36. The van der Waals surface area contributed by atoms with Crippen LogP contribution in [0.5, 0.6) is 0 Å². The Hall–Kier alpha value is -5.08. The van der Waals surface area contributed by atoms with Gasteiger partial charge in [-0.1, -0.05) is 0 Å². The number of dihydropyridines is 1. The van der Waals surface area contributed by atoms with Crippen molar-refractivity contribution in [2.45, 2.75) is 40.5 Å². The molecule has 15 heteroatoms. The van der Waals surface area contributed by atoms with E-state index in [2.05, 4.69) is 10.4 Å². The van der Waals surface area contributed by atoms with Crippen LogP contribution in [0.3, 0.4) is 0 Å². The minimum Gasteiger partial charge on any atom is -0.463 e. The van der Waals surface area contributed by atoms with Gasteiger partial charge in [-0.2, -0.15) is 5.10 Å². The first-order valence-electron chi connectivity index (χ1n) is 12.2. The average Bonchev–Trinajstić information content (AvgIpc) is 3.33. The number of benzene rings is 1. The second-order valence-electron chi connectivity index (χ2n) is 8.36. The van der Waals surface area contributed by atoms with Crippen molar-refractivity contribution < 1.29 is 38.4 Å². The molecule has 0 saturated heterocycles. The van der Waals surface area contributed by atoms with E-state index in [1.807, 2.05) is 0 Å². The molecule has 1 aliphatic rings. The normalized spacial score (nSPS) is 13.5. The van der Waals surface area contributed by atoms with Gasteiger partial charge in [0, 0.05) is 29.2 Å². The maximum Gasteiger partial charge on any atom is 0.359 e. The first-order chi connectivity index (χ1) is 19.0. The Morgan fingerprint density at radius 3 is 1.90 bits per heavy atom. The smallest absolute Gasteiger partial charge is 0.359 e. The molecule has 0 fully saturated rings. The van der Waals surface area contributed by atoms with Gasteiger partial charge in [-0.15, -0.1) is 0 Å². The molecule has 1 aromatic carbocycles. The van der Waals surface area contributed by atoms with Gasteiger partial charge in [-0.05, 0) is 40.7 Å². The van der Waals surface area contributed by atoms with Gasteiger partial charge >= 0.3 is 23.6 Å².